The van der Waals surface area contributed by atoms with Gasteiger partial charge in [-0.1, -0.05) is 24.3 Å². The summed E-state index contributed by atoms with van der Waals surface area (Å²) in [6.07, 6.45) is 15.0. The minimum Gasteiger partial charge on any atom is -0.228 e. The van der Waals surface area contributed by atoms with Gasteiger partial charge in [-0.3, -0.25) is 0 Å². The van der Waals surface area contributed by atoms with Crippen LogP contribution in [-0.2, 0) is 9.84 Å². The molecule has 2 aliphatic carbocycles. The van der Waals surface area contributed by atoms with Gasteiger partial charge >= 0.3 is 0 Å². The van der Waals surface area contributed by atoms with Gasteiger partial charge in [0.1, 0.15) is 0 Å². The summed E-state index contributed by atoms with van der Waals surface area (Å²) in [7, 11) is -2.98. The molecule has 0 aromatic heterocycles. The van der Waals surface area contributed by atoms with Crippen molar-refractivity contribution in [1.82, 2.24) is 0 Å². The van der Waals surface area contributed by atoms with Crippen LogP contribution in [0.5, 0.6) is 0 Å². The molecule has 2 fully saturated rings. The lowest BCUT2D eigenvalue weighted by Crippen LogP contribution is -2.28. The van der Waals surface area contributed by atoms with Gasteiger partial charge in [-0.15, -0.1) is 13.2 Å². The van der Waals surface area contributed by atoms with Crippen molar-refractivity contribution >= 4 is 9.84 Å². The first-order chi connectivity index (χ1) is 10.6. The van der Waals surface area contributed by atoms with E-state index >= 15 is 0 Å². The standard InChI is InChI=1S/C19H28O2S/c1-3-5-7-9-16-18-14-11-12-15(13-14)19(18)17(22(16,20)21)10-8-6-4-2/h3-4,11-12,14-19H,1-2,5-10,13H2/t14?,15?,16-,17+,18-,19+. The third kappa shape index (κ3) is 2.51. The van der Waals surface area contributed by atoms with E-state index < -0.39 is 9.84 Å². The van der Waals surface area contributed by atoms with Crippen LogP contribution in [0, 0.1) is 23.7 Å². The molecule has 6 atom stereocenters. The first-order valence-corrected chi connectivity index (χ1v) is 10.3. The molecule has 0 radical (unpaired) electrons. The van der Waals surface area contributed by atoms with Crippen LogP contribution >= 0.6 is 0 Å². The van der Waals surface area contributed by atoms with Gasteiger partial charge in [-0.25, -0.2) is 8.42 Å². The topological polar surface area (TPSA) is 34.1 Å². The van der Waals surface area contributed by atoms with Gasteiger partial charge in [0, 0.05) is 0 Å². The first-order valence-electron chi connectivity index (χ1n) is 8.74. The second kappa shape index (κ2) is 6.35. The average molecular weight is 320 g/mol. The maximum Gasteiger partial charge on any atom is 0.156 e. The molecule has 1 heterocycles. The number of unbranched alkanes of at least 4 members (excludes halogenated alkanes) is 2. The highest BCUT2D eigenvalue weighted by atomic mass is 32.2. The lowest BCUT2D eigenvalue weighted by atomic mass is 9.77. The Hall–Kier alpha value is -0.830. The fourth-order valence-corrected chi connectivity index (χ4v) is 8.33. The van der Waals surface area contributed by atoms with Gasteiger partial charge in [0.2, 0.25) is 0 Å². The van der Waals surface area contributed by atoms with Crippen LogP contribution in [0.25, 0.3) is 0 Å². The van der Waals surface area contributed by atoms with E-state index in [1.807, 2.05) is 12.2 Å². The number of hydrogen-bond acceptors (Lipinski definition) is 2. The van der Waals surface area contributed by atoms with Gasteiger partial charge in [0.15, 0.2) is 9.84 Å². The lowest BCUT2D eigenvalue weighted by molar-refractivity contribution is 0.303. The number of fused-ring (bicyclic) bond motifs is 5. The van der Waals surface area contributed by atoms with Crippen molar-refractivity contribution < 1.29 is 8.42 Å². The Kier molecular flexibility index (Phi) is 4.63. The van der Waals surface area contributed by atoms with E-state index in [1.54, 1.807) is 0 Å². The molecule has 3 rings (SSSR count). The first kappa shape index (κ1) is 16.0. The van der Waals surface area contributed by atoms with E-state index in [1.165, 1.54) is 6.42 Å². The molecule has 3 heteroatoms. The summed E-state index contributed by atoms with van der Waals surface area (Å²) in [5, 5.41) is -0.211. The molecule has 1 aliphatic heterocycles. The molecule has 0 N–H and O–H groups in total. The summed E-state index contributed by atoms with van der Waals surface area (Å²) in [4.78, 5) is 0. The van der Waals surface area contributed by atoms with Crippen molar-refractivity contribution in [2.24, 2.45) is 23.7 Å². The third-order valence-electron chi connectivity index (χ3n) is 6.08. The molecule has 2 bridgehead atoms. The van der Waals surface area contributed by atoms with Gasteiger partial charge in [-0.2, -0.15) is 0 Å². The number of rotatable bonds is 8. The van der Waals surface area contributed by atoms with Gasteiger partial charge in [-0.05, 0) is 68.6 Å². The summed E-state index contributed by atoms with van der Waals surface area (Å²) in [6, 6.07) is 0. The summed E-state index contributed by atoms with van der Waals surface area (Å²) in [5.41, 5.74) is 0. The average Bonchev–Trinajstić information content (AvgIpc) is 3.13. The Morgan fingerprint density at radius 3 is 1.77 bits per heavy atom. The molecule has 1 saturated heterocycles. The fraction of sp³-hybridized carbons (Fsp3) is 0.684. The summed E-state index contributed by atoms with van der Waals surface area (Å²) >= 11 is 0. The van der Waals surface area contributed by atoms with Gasteiger partial charge < -0.3 is 0 Å². The Labute approximate surface area is 135 Å². The minimum atomic E-state index is -2.98. The zero-order valence-corrected chi connectivity index (χ0v) is 14.2. The molecule has 122 valence electrons. The summed E-state index contributed by atoms with van der Waals surface area (Å²) < 4.78 is 26.3. The van der Waals surface area contributed by atoms with Crippen LogP contribution in [0.4, 0.5) is 0 Å². The molecule has 1 saturated carbocycles. The van der Waals surface area contributed by atoms with Crippen LogP contribution in [0.2, 0.25) is 0 Å². The SMILES string of the molecule is C=CCCC[C@@H]1[C@H]2C3C=CC(C3)[C@H]2[C@H](CCCC=C)S1(=O)=O. The zero-order chi connectivity index (χ0) is 15.7. The molecule has 0 aromatic rings. The molecule has 3 aliphatic rings. The Balaban J connectivity index is 1.82. The van der Waals surface area contributed by atoms with Crippen molar-refractivity contribution in [1.29, 1.82) is 0 Å². The van der Waals surface area contributed by atoms with Crippen molar-refractivity contribution in [3.8, 4) is 0 Å². The lowest BCUT2D eigenvalue weighted by Gasteiger charge is -2.25. The zero-order valence-electron chi connectivity index (χ0n) is 13.4. The maximum atomic E-state index is 13.1. The maximum absolute atomic E-state index is 13.1. The van der Waals surface area contributed by atoms with E-state index in [0.29, 0.717) is 23.7 Å². The van der Waals surface area contributed by atoms with Crippen molar-refractivity contribution in [2.45, 2.75) is 55.4 Å². The molecular formula is C19H28O2S. The van der Waals surface area contributed by atoms with Crippen LogP contribution in [0.3, 0.4) is 0 Å². The van der Waals surface area contributed by atoms with Crippen LogP contribution in [0.1, 0.15) is 44.9 Å². The van der Waals surface area contributed by atoms with Crippen LogP contribution in [0.15, 0.2) is 37.5 Å². The fourth-order valence-electron chi connectivity index (χ4n) is 5.25. The predicted molar refractivity (Wildman–Crippen MR) is 92.3 cm³/mol. The van der Waals surface area contributed by atoms with Crippen molar-refractivity contribution in [3.63, 3.8) is 0 Å². The Bertz CT molecular complexity index is 518. The largest absolute Gasteiger partial charge is 0.228 e. The number of sulfone groups is 1. The molecule has 22 heavy (non-hydrogen) atoms. The summed E-state index contributed by atoms with van der Waals surface area (Å²) in [6.45, 7) is 7.52. The minimum absolute atomic E-state index is 0.105. The molecule has 0 spiro atoms. The molecule has 0 aromatic carbocycles. The summed E-state index contributed by atoms with van der Waals surface area (Å²) in [5.74, 6) is 1.81. The smallest absolute Gasteiger partial charge is 0.156 e. The van der Waals surface area contributed by atoms with E-state index in [0.717, 1.165) is 38.5 Å². The van der Waals surface area contributed by atoms with Gasteiger partial charge in [0.05, 0.1) is 10.5 Å². The Morgan fingerprint density at radius 2 is 1.36 bits per heavy atom. The molecular weight excluding hydrogens is 292 g/mol. The van der Waals surface area contributed by atoms with Crippen LogP contribution < -0.4 is 0 Å². The van der Waals surface area contributed by atoms with E-state index in [-0.39, 0.29) is 10.5 Å². The predicted octanol–water partition coefficient (Wildman–Crippen LogP) is 4.30. The Morgan fingerprint density at radius 1 is 0.909 bits per heavy atom. The highest BCUT2D eigenvalue weighted by Crippen LogP contribution is 2.59. The molecule has 2 nitrogen and oxygen atoms in total. The van der Waals surface area contributed by atoms with Gasteiger partial charge in [0.25, 0.3) is 0 Å². The number of hydrogen-bond donors (Lipinski definition) is 0. The second-order valence-corrected chi connectivity index (χ2v) is 9.60. The number of allylic oxidation sites excluding steroid dienone is 4. The third-order valence-corrected chi connectivity index (χ3v) is 8.87. The highest BCUT2D eigenvalue weighted by Gasteiger charge is 2.62. The van der Waals surface area contributed by atoms with Crippen LogP contribution in [-0.4, -0.2) is 18.9 Å². The van der Waals surface area contributed by atoms with Crippen molar-refractivity contribution in [2.75, 3.05) is 0 Å². The quantitative estimate of drug-likeness (QED) is 0.493. The van der Waals surface area contributed by atoms with E-state index in [9.17, 15) is 8.42 Å². The highest BCUT2D eigenvalue weighted by molar-refractivity contribution is 7.93. The van der Waals surface area contributed by atoms with E-state index in [4.69, 9.17) is 0 Å². The molecule has 0 amide bonds. The second-order valence-electron chi connectivity index (χ2n) is 7.21. The normalized spacial score (nSPS) is 40.7. The van der Waals surface area contributed by atoms with Crippen molar-refractivity contribution in [3.05, 3.63) is 37.5 Å². The van der Waals surface area contributed by atoms with E-state index in [2.05, 4.69) is 25.3 Å². The molecule has 2 unspecified atom stereocenters. The monoisotopic (exact) mass is 320 g/mol.